The quantitative estimate of drug-likeness (QED) is 0.842. The van der Waals surface area contributed by atoms with Crippen LogP contribution < -0.4 is 5.32 Å². The van der Waals surface area contributed by atoms with Gasteiger partial charge in [0.1, 0.15) is 6.61 Å². The van der Waals surface area contributed by atoms with Crippen LogP contribution in [0.5, 0.6) is 0 Å². The molecule has 1 aromatic carbocycles. The number of hydrogen-bond donors (Lipinski definition) is 1. The first-order chi connectivity index (χ1) is 8.13. The highest BCUT2D eigenvalue weighted by Gasteiger charge is 2.14. The Labute approximate surface area is 103 Å². The van der Waals surface area contributed by atoms with E-state index in [1.54, 1.807) is 7.05 Å². The average molecular weight is 236 g/mol. The van der Waals surface area contributed by atoms with E-state index < -0.39 is 0 Å². The molecule has 0 unspecified atom stereocenters. The smallest absolute Gasteiger partial charge is 0.406 e. The van der Waals surface area contributed by atoms with Gasteiger partial charge in [0.25, 0.3) is 0 Å². The molecule has 0 spiro atoms. The minimum Gasteiger partial charge on any atom is -0.448 e. The minimum atomic E-state index is -0.384. The number of alkyl carbamates (subject to hydrolysis) is 1. The van der Waals surface area contributed by atoms with Crippen LogP contribution in [-0.4, -0.2) is 44.8 Å². The molecule has 0 radical (unpaired) electrons. The van der Waals surface area contributed by atoms with Crippen molar-refractivity contribution >= 4 is 6.09 Å². The number of carbonyl (C=O) groups is 1. The summed E-state index contributed by atoms with van der Waals surface area (Å²) >= 11 is 0. The van der Waals surface area contributed by atoms with Gasteiger partial charge < -0.3 is 15.0 Å². The predicted molar refractivity (Wildman–Crippen MR) is 68.0 cm³/mol. The van der Waals surface area contributed by atoms with E-state index in [1.807, 2.05) is 32.3 Å². The van der Waals surface area contributed by atoms with Crippen LogP contribution in [0.15, 0.2) is 30.3 Å². The van der Waals surface area contributed by atoms with Gasteiger partial charge in [-0.05, 0) is 26.1 Å². The molecule has 94 valence electrons. The molecule has 1 aromatic rings. The normalized spacial score (nSPS) is 12.2. The second kappa shape index (κ2) is 6.91. The molecule has 1 rings (SSSR count). The van der Waals surface area contributed by atoms with E-state index in [1.165, 1.54) is 5.56 Å². The summed E-state index contributed by atoms with van der Waals surface area (Å²) in [6.45, 7) is 0.390. The third-order valence-electron chi connectivity index (χ3n) is 2.66. The van der Waals surface area contributed by atoms with Crippen molar-refractivity contribution in [3.8, 4) is 0 Å². The third kappa shape index (κ3) is 4.87. The number of hydrogen-bond acceptors (Lipinski definition) is 3. The molecule has 0 bridgehead atoms. The number of benzene rings is 1. The Bertz CT molecular complexity index is 339. The fourth-order valence-electron chi connectivity index (χ4n) is 1.52. The van der Waals surface area contributed by atoms with E-state index in [2.05, 4.69) is 22.3 Å². The summed E-state index contributed by atoms with van der Waals surface area (Å²) in [6.07, 6.45) is 0.482. The minimum absolute atomic E-state index is 0.190. The average Bonchev–Trinajstić information content (AvgIpc) is 2.34. The maximum Gasteiger partial charge on any atom is 0.406 e. The zero-order valence-corrected chi connectivity index (χ0v) is 10.6. The Balaban J connectivity index is 2.52. The van der Waals surface area contributed by atoms with Crippen molar-refractivity contribution in [2.45, 2.75) is 12.5 Å². The Hall–Kier alpha value is -1.55. The standard InChI is InChI=1S/C13H20N2O2/c1-14-13(16)17-10-12(15(2)3)9-11-7-5-4-6-8-11/h4-8,12H,9-10H2,1-3H3,(H,14,16)/t12-/m0/s1. The van der Waals surface area contributed by atoms with Crippen molar-refractivity contribution in [3.63, 3.8) is 0 Å². The van der Waals surface area contributed by atoms with Crippen LogP contribution in [0.3, 0.4) is 0 Å². The molecule has 0 aromatic heterocycles. The zero-order chi connectivity index (χ0) is 12.7. The molecule has 1 N–H and O–H groups in total. The Morgan fingerprint density at radius 3 is 2.53 bits per heavy atom. The van der Waals surface area contributed by atoms with Crippen LogP contribution in [0.25, 0.3) is 0 Å². The second-order valence-corrected chi connectivity index (χ2v) is 4.16. The third-order valence-corrected chi connectivity index (χ3v) is 2.66. The number of nitrogens with one attached hydrogen (secondary N) is 1. The van der Waals surface area contributed by atoms with E-state index in [9.17, 15) is 4.79 Å². The van der Waals surface area contributed by atoms with Gasteiger partial charge in [-0.3, -0.25) is 0 Å². The largest absolute Gasteiger partial charge is 0.448 e. The van der Waals surface area contributed by atoms with E-state index in [0.29, 0.717) is 6.61 Å². The molecular weight excluding hydrogens is 216 g/mol. The van der Waals surface area contributed by atoms with E-state index in [4.69, 9.17) is 4.74 Å². The first-order valence-electron chi connectivity index (χ1n) is 5.68. The second-order valence-electron chi connectivity index (χ2n) is 4.16. The summed E-state index contributed by atoms with van der Waals surface area (Å²) in [5, 5.41) is 2.44. The molecule has 0 aliphatic rings. The Kier molecular flexibility index (Phi) is 5.49. The molecule has 0 aliphatic carbocycles. The molecule has 1 atom stereocenters. The van der Waals surface area contributed by atoms with Gasteiger partial charge in [0, 0.05) is 13.1 Å². The summed E-state index contributed by atoms with van der Waals surface area (Å²) in [5.74, 6) is 0. The molecule has 17 heavy (non-hydrogen) atoms. The zero-order valence-electron chi connectivity index (χ0n) is 10.6. The molecule has 0 saturated heterocycles. The van der Waals surface area contributed by atoms with Crippen LogP contribution in [0.4, 0.5) is 4.79 Å². The van der Waals surface area contributed by atoms with Crippen molar-refractivity contribution < 1.29 is 9.53 Å². The number of ether oxygens (including phenoxy) is 1. The van der Waals surface area contributed by atoms with E-state index in [0.717, 1.165) is 6.42 Å². The summed E-state index contributed by atoms with van der Waals surface area (Å²) < 4.78 is 5.10. The summed E-state index contributed by atoms with van der Waals surface area (Å²) in [7, 11) is 5.53. The lowest BCUT2D eigenvalue weighted by molar-refractivity contribution is 0.111. The number of carbonyl (C=O) groups excluding carboxylic acids is 1. The fourth-order valence-corrected chi connectivity index (χ4v) is 1.52. The van der Waals surface area contributed by atoms with Crippen molar-refractivity contribution in [1.82, 2.24) is 10.2 Å². The lowest BCUT2D eigenvalue weighted by Crippen LogP contribution is -2.36. The highest BCUT2D eigenvalue weighted by atomic mass is 16.5. The van der Waals surface area contributed by atoms with Gasteiger partial charge in [0.2, 0.25) is 0 Å². The van der Waals surface area contributed by atoms with E-state index in [-0.39, 0.29) is 12.1 Å². The van der Waals surface area contributed by atoms with Gasteiger partial charge in [-0.1, -0.05) is 30.3 Å². The van der Waals surface area contributed by atoms with Crippen LogP contribution in [-0.2, 0) is 11.2 Å². The monoisotopic (exact) mass is 236 g/mol. The number of nitrogens with zero attached hydrogens (tertiary/aromatic N) is 1. The molecule has 0 saturated carbocycles. The van der Waals surface area contributed by atoms with Crippen molar-refractivity contribution in [2.75, 3.05) is 27.7 Å². The lowest BCUT2D eigenvalue weighted by atomic mass is 10.1. The van der Waals surface area contributed by atoms with Gasteiger partial charge in [-0.25, -0.2) is 4.79 Å². The van der Waals surface area contributed by atoms with Crippen LogP contribution in [0.1, 0.15) is 5.56 Å². The van der Waals surface area contributed by atoms with Crippen molar-refractivity contribution in [2.24, 2.45) is 0 Å². The molecule has 0 fully saturated rings. The first kappa shape index (κ1) is 13.5. The summed E-state index contributed by atoms with van der Waals surface area (Å²) in [4.78, 5) is 13.1. The fraction of sp³-hybridized carbons (Fsp3) is 0.462. The predicted octanol–water partition coefficient (Wildman–Crippen LogP) is 1.52. The number of likely N-dealkylation sites (N-methyl/N-ethyl adjacent to an activating group) is 1. The highest BCUT2D eigenvalue weighted by Crippen LogP contribution is 2.07. The van der Waals surface area contributed by atoms with Crippen molar-refractivity contribution in [3.05, 3.63) is 35.9 Å². The molecule has 4 heteroatoms. The SMILES string of the molecule is CNC(=O)OC[C@H](Cc1ccccc1)N(C)C. The maximum atomic E-state index is 11.0. The summed E-state index contributed by atoms with van der Waals surface area (Å²) in [6, 6.07) is 10.4. The highest BCUT2D eigenvalue weighted by molar-refractivity contribution is 5.66. The molecule has 0 heterocycles. The maximum absolute atomic E-state index is 11.0. The van der Waals surface area contributed by atoms with Gasteiger partial charge >= 0.3 is 6.09 Å². The summed E-state index contributed by atoms with van der Waals surface area (Å²) in [5.41, 5.74) is 1.24. The van der Waals surface area contributed by atoms with Gasteiger partial charge in [-0.15, -0.1) is 0 Å². The Morgan fingerprint density at radius 2 is 2.00 bits per heavy atom. The topological polar surface area (TPSA) is 41.6 Å². The van der Waals surface area contributed by atoms with Gasteiger partial charge in [0.05, 0.1) is 0 Å². The number of amides is 1. The van der Waals surface area contributed by atoms with E-state index >= 15 is 0 Å². The number of rotatable bonds is 5. The van der Waals surface area contributed by atoms with Crippen LogP contribution in [0, 0.1) is 0 Å². The molecular formula is C13H20N2O2. The molecule has 0 aliphatic heterocycles. The first-order valence-corrected chi connectivity index (χ1v) is 5.68. The lowest BCUT2D eigenvalue weighted by Gasteiger charge is -2.23. The van der Waals surface area contributed by atoms with Gasteiger partial charge in [0.15, 0.2) is 0 Å². The van der Waals surface area contributed by atoms with Crippen molar-refractivity contribution in [1.29, 1.82) is 0 Å². The Morgan fingerprint density at radius 1 is 1.35 bits per heavy atom. The van der Waals surface area contributed by atoms with Crippen LogP contribution >= 0.6 is 0 Å². The van der Waals surface area contributed by atoms with Crippen LogP contribution in [0.2, 0.25) is 0 Å². The molecule has 4 nitrogen and oxygen atoms in total. The molecule has 1 amide bonds. The van der Waals surface area contributed by atoms with Gasteiger partial charge in [-0.2, -0.15) is 0 Å².